The largest absolute Gasteiger partial charge is 0.433 e. The lowest BCUT2D eigenvalue weighted by atomic mass is 10.3. The summed E-state index contributed by atoms with van der Waals surface area (Å²) in [7, 11) is 4.49. The third-order valence-corrected chi connectivity index (χ3v) is 2.57. The maximum absolute atomic E-state index is 12.7. The number of hydrogen-bond donors (Lipinski definition) is 2. The van der Waals surface area contributed by atoms with Gasteiger partial charge in [0.15, 0.2) is 5.69 Å². The Morgan fingerprint density at radius 1 is 1.35 bits per heavy atom. The molecule has 0 radical (unpaired) electrons. The molecule has 1 aromatic heterocycles. The molecule has 0 bridgehead atoms. The first-order valence-corrected chi connectivity index (χ1v) is 5.83. The SMILES string of the molecule is CNC(=O)CCN(C)c1cc(C(F)(F)F)nc(NC)n1. The molecule has 0 aromatic carbocycles. The van der Waals surface area contributed by atoms with Crippen LogP contribution in [0.25, 0.3) is 0 Å². The van der Waals surface area contributed by atoms with Crippen LogP contribution in [0.5, 0.6) is 0 Å². The van der Waals surface area contributed by atoms with Gasteiger partial charge in [0.05, 0.1) is 0 Å². The summed E-state index contributed by atoms with van der Waals surface area (Å²) in [6.07, 6.45) is -4.39. The van der Waals surface area contributed by atoms with Crippen LogP contribution in [0.3, 0.4) is 0 Å². The molecule has 112 valence electrons. The summed E-state index contributed by atoms with van der Waals surface area (Å²) in [5.74, 6) is -0.224. The number of alkyl halides is 3. The Kier molecular flexibility index (Phi) is 5.12. The highest BCUT2D eigenvalue weighted by atomic mass is 19.4. The molecule has 1 aromatic rings. The van der Waals surface area contributed by atoms with Gasteiger partial charge in [0, 0.05) is 40.2 Å². The van der Waals surface area contributed by atoms with Gasteiger partial charge in [-0.2, -0.15) is 18.2 Å². The van der Waals surface area contributed by atoms with Crippen molar-refractivity contribution in [3.05, 3.63) is 11.8 Å². The van der Waals surface area contributed by atoms with E-state index >= 15 is 0 Å². The number of carbonyl (C=O) groups is 1. The van der Waals surface area contributed by atoms with Crippen LogP contribution in [0, 0.1) is 0 Å². The van der Waals surface area contributed by atoms with Crippen LogP contribution in [0.2, 0.25) is 0 Å². The van der Waals surface area contributed by atoms with Crippen LogP contribution in [-0.2, 0) is 11.0 Å². The molecular formula is C11H16F3N5O. The van der Waals surface area contributed by atoms with Crippen molar-refractivity contribution < 1.29 is 18.0 Å². The second-order valence-electron chi connectivity index (χ2n) is 4.03. The van der Waals surface area contributed by atoms with Gasteiger partial charge in [0.2, 0.25) is 11.9 Å². The van der Waals surface area contributed by atoms with Gasteiger partial charge < -0.3 is 15.5 Å². The van der Waals surface area contributed by atoms with E-state index in [-0.39, 0.29) is 30.6 Å². The van der Waals surface area contributed by atoms with E-state index in [0.717, 1.165) is 6.07 Å². The standard InChI is InChI=1S/C11H16F3N5O/c1-15-9(20)4-5-19(3)8-6-7(11(12,13)14)17-10(16-2)18-8/h6H,4-5H2,1-3H3,(H,15,20)(H,16,17,18). The second-order valence-corrected chi connectivity index (χ2v) is 4.03. The quantitative estimate of drug-likeness (QED) is 0.850. The second kappa shape index (κ2) is 6.40. The minimum Gasteiger partial charge on any atom is -0.359 e. The molecule has 0 saturated carbocycles. The van der Waals surface area contributed by atoms with E-state index in [4.69, 9.17) is 0 Å². The van der Waals surface area contributed by atoms with Gasteiger partial charge in [0.1, 0.15) is 5.82 Å². The molecule has 20 heavy (non-hydrogen) atoms. The summed E-state index contributed by atoms with van der Waals surface area (Å²) >= 11 is 0. The van der Waals surface area contributed by atoms with Crippen molar-refractivity contribution >= 4 is 17.7 Å². The summed E-state index contributed by atoms with van der Waals surface area (Å²) in [5, 5.41) is 4.92. The first kappa shape index (κ1) is 16.0. The van der Waals surface area contributed by atoms with E-state index < -0.39 is 11.9 Å². The maximum Gasteiger partial charge on any atom is 0.433 e. The van der Waals surface area contributed by atoms with Gasteiger partial charge in [0.25, 0.3) is 0 Å². The minimum atomic E-state index is -4.55. The molecule has 9 heteroatoms. The molecule has 0 aliphatic heterocycles. The molecule has 0 fully saturated rings. The van der Waals surface area contributed by atoms with Crippen LogP contribution in [0.4, 0.5) is 24.9 Å². The molecule has 0 aliphatic carbocycles. The number of nitrogens with zero attached hydrogens (tertiary/aromatic N) is 3. The number of amides is 1. The Morgan fingerprint density at radius 2 is 2.00 bits per heavy atom. The predicted molar refractivity (Wildman–Crippen MR) is 68.5 cm³/mol. The molecule has 0 unspecified atom stereocenters. The van der Waals surface area contributed by atoms with Crippen molar-refractivity contribution in [2.24, 2.45) is 0 Å². The van der Waals surface area contributed by atoms with Gasteiger partial charge >= 0.3 is 6.18 Å². The highest BCUT2D eigenvalue weighted by Gasteiger charge is 2.34. The van der Waals surface area contributed by atoms with Crippen molar-refractivity contribution in [2.75, 3.05) is 37.9 Å². The third kappa shape index (κ3) is 4.25. The molecule has 1 heterocycles. The number of hydrogen-bond acceptors (Lipinski definition) is 5. The first-order chi connectivity index (χ1) is 9.27. The van der Waals surface area contributed by atoms with E-state index in [1.807, 2.05) is 0 Å². The smallest absolute Gasteiger partial charge is 0.359 e. The predicted octanol–water partition coefficient (Wildman–Crippen LogP) is 1.11. The molecule has 6 nitrogen and oxygen atoms in total. The van der Waals surface area contributed by atoms with Crippen LogP contribution >= 0.6 is 0 Å². The van der Waals surface area contributed by atoms with Crippen LogP contribution in [0.15, 0.2) is 6.07 Å². The molecule has 1 rings (SSSR count). The molecule has 2 N–H and O–H groups in total. The number of aromatic nitrogens is 2. The van der Waals surface area contributed by atoms with Crippen LogP contribution in [-0.4, -0.2) is 43.6 Å². The summed E-state index contributed by atoms with van der Waals surface area (Å²) < 4.78 is 38.1. The number of anilines is 2. The third-order valence-electron chi connectivity index (χ3n) is 2.57. The van der Waals surface area contributed by atoms with Gasteiger partial charge in [-0.3, -0.25) is 4.79 Å². The van der Waals surface area contributed by atoms with Crippen LogP contribution < -0.4 is 15.5 Å². The zero-order valence-corrected chi connectivity index (χ0v) is 11.4. The molecular weight excluding hydrogens is 275 g/mol. The van der Waals surface area contributed by atoms with E-state index in [9.17, 15) is 18.0 Å². The maximum atomic E-state index is 12.7. The molecule has 0 atom stereocenters. The summed E-state index contributed by atoms with van der Waals surface area (Å²) in [4.78, 5) is 19.9. The van der Waals surface area contributed by atoms with E-state index in [2.05, 4.69) is 20.6 Å². The van der Waals surface area contributed by atoms with Gasteiger partial charge in [-0.15, -0.1) is 0 Å². The normalized spacial score (nSPS) is 11.1. The van der Waals surface area contributed by atoms with Crippen molar-refractivity contribution in [3.8, 4) is 0 Å². The number of halogens is 3. The van der Waals surface area contributed by atoms with E-state index in [1.165, 1.54) is 19.0 Å². The van der Waals surface area contributed by atoms with Crippen molar-refractivity contribution in [1.29, 1.82) is 0 Å². The Bertz CT molecular complexity index is 478. The van der Waals surface area contributed by atoms with Gasteiger partial charge in [-0.1, -0.05) is 0 Å². The van der Waals surface area contributed by atoms with Crippen molar-refractivity contribution in [1.82, 2.24) is 15.3 Å². The zero-order valence-electron chi connectivity index (χ0n) is 11.4. The Labute approximate surface area is 114 Å². The van der Waals surface area contributed by atoms with E-state index in [1.54, 1.807) is 7.05 Å². The summed E-state index contributed by atoms with van der Waals surface area (Å²) in [6.45, 7) is 0.247. The van der Waals surface area contributed by atoms with Crippen molar-refractivity contribution in [3.63, 3.8) is 0 Å². The number of nitrogens with one attached hydrogen (secondary N) is 2. The molecule has 0 saturated heterocycles. The zero-order chi connectivity index (χ0) is 15.3. The lowest BCUT2D eigenvalue weighted by Gasteiger charge is -2.19. The number of rotatable bonds is 5. The Hall–Kier alpha value is -2.06. The minimum absolute atomic E-state index is 0.0978. The summed E-state index contributed by atoms with van der Waals surface area (Å²) in [6, 6.07) is 0.852. The highest BCUT2D eigenvalue weighted by Crippen LogP contribution is 2.30. The lowest BCUT2D eigenvalue weighted by molar-refractivity contribution is -0.141. The monoisotopic (exact) mass is 291 g/mol. The molecule has 0 aliphatic rings. The van der Waals surface area contributed by atoms with Gasteiger partial charge in [-0.25, -0.2) is 4.98 Å². The molecule has 1 amide bonds. The van der Waals surface area contributed by atoms with Crippen molar-refractivity contribution in [2.45, 2.75) is 12.6 Å². The fourth-order valence-corrected chi connectivity index (χ4v) is 1.40. The van der Waals surface area contributed by atoms with Crippen LogP contribution in [0.1, 0.15) is 12.1 Å². The average Bonchev–Trinajstić information content (AvgIpc) is 2.42. The fraction of sp³-hybridized carbons (Fsp3) is 0.545. The van der Waals surface area contributed by atoms with E-state index in [0.29, 0.717) is 0 Å². The topological polar surface area (TPSA) is 70.2 Å². The average molecular weight is 291 g/mol. The number of carbonyl (C=O) groups excluding carboxylic acids is 1. The Balaban J connectivity index is 2.96. The first-order valence-electron chi connectivity index (χ1n) is 5.83. The molecule has 0 spiro atoms. The highest BCUT2D eigenvalue weighted by molar-refractivity contribution is 5.76. The Morgan fingerprint density at radius 3 is 2.50 bits per heavy atom. The lowest BCUT2D eigenvalue weighted by Crippen LogP contribution is -2.27. The fourth-order valence-electron chi connectivity index (χ4n) is 1.40. The van der Waals surface area contributed by atoms with Gasteiger partial charge in [-0.05, 0) is 0 Å². The summed E-state index contributed by atoms with van der Waals surface area (Å²) in [5.41, 5.74) is -1.03.